The maximum atomic E-state index is 7.44. The van der Waals surface area contributed by atoms with Crippen LogP contribution < -0.4 is 10.5 Å². The summed E-state index contributed by atoms with van der Waals surface area (Å²) in [6.45, 7) is 2.09. The number of benzene rings is 1. The molecule has 0 bridgehead atoms. The van der Waals surface area contributed by atoms with Crippen LogP contribution in [0.15, 0.2) is 36.5 Å². The molecule has 0 spiro atoms. The van der Waals surface area contributed by atoms with Crippen LogP contribution in [0.2, 0.25) is 0 Å². The fourth-order valence-corrected chi connectivity index (χ4v) is 1.50. The predicted molar refractivity (Wildman–Crippen MR) is 68.9 cm³/mol. The third-order valence-corrected chi connectivity index (χ3v) is 2.52. The molecule has 0 aliphatic carbocycles. The lowest BCUT2D eigenvalue weighted by molar-refractivity contribution is 0.454. The third kappa shape index (κ3) is 2.63. The van der Waals surface area contributed by atoms with Gasteiger partial charge in [0.2, 0.25) is 5.88 Å². The van der Waals surface area contributed by atoms with Crippen LogP contribution in [0.1, 0.15) is 18.1 Å². The summed E-state index contributed by atoms with van der Waals surface area (Å²) in [7, 11) is 0. The van der Waals surface area contributed by atoms with Gasteiger partial charge in [0.15, 0.2) is 0 Å². The number of hydrogen-bond donors (Lipinski definition) is 2. The summed E-state index contributed by atoms with van der Waals surface area (Å²) in [5.41, 5.74) is 7.11. The molecule has 1 aromatic carbocycles. The Kier molecular flexibility index (Phi) is 3.52. The summed E-state index contributed by atoms with van der Waals surface area (Å²) in [6, 6.07) is 9.29. The molecule has 0 saturated carbocycles. The van der Waals surface area contributed by atoms with Gasteiger partial charge in [0.05, 0.1) is 11.8 Å². The molecule has 92 valence electrons. The molecule has 0 fully saturated rings. The van der Waals surface area contributed by atoms with Gasteiger partial charge in [-0.2, -0.15) is 5.10 Å². The Morgan fingerprint density at radius 2 is 2.00 bits per heavy atom. The first-order chi connectivity index (χ1) is 8.70. The van der Waals surface area contributed by atoms with E-state index in [9.17, 15) is 0 Å². The van der Waals surface area contributed by atoms with E-state index in [1.165, 1.54) is 11.8 Å². The van der Waals surface area contributed by atoms with Crippen LogP contribution in [0.4, 0.5) is 0 Å². The van der Waals surface area contributed by atoms with Crippen molar-refractivity contribution < 1.29 is 4.74 Å². The van der Waals surface area contributed by atoms with Crippen molar-refractivity contribution in [1.82, 2.24) is 10.2 Å². The number of hydrogen-bond acceptors (Lipinski definition) is 4. The Bertz CT molecular complexity index is 551. The average Bonchev–Trinajstić information content (AvgIpc) is 2.40. The fourth-order valence-electron chi connectivity index (χ4n) is 1.50. The summed E-state index contributed by atoms with van der Waals surface area (Å²) >= 11 is 0. The molecular formula is C13H14N4O. The third-order valence-electron chi connectivity index (χ3n) is 2.52. The lowest BCUT2D eigenvalue weighted by Crippen LogP contribution is -2.13. The van der Waals surface area contributed by atoms with E-state index in [1.807, 2.05) is 24.3 Å². The minimum atomic E-state index is -0.0925. The van der Waals surface area contributed by atoms with Crippen LogP contribution in [-0.2, 0) is 6.42 Å². The SMILES string of the molecule is CCc1ccc(Oc2nnccc2C(=N)N)cc1. The predicted octanol–water partition coefficient (Wildman–Crippen LogP) is 2.12. The molecule has 0 aliphatic rings. The zero-order valence-corrected chi connectivity index (χ0v) is 10.1. The highest BCUT2D eigenvalue weighted by Crippen LogP contribution is 2.22. The van der Waals surface area contributed by atoms with E-state index >= 15 is 0 Å². The largest absolute Gasteiger partial charge is 0.437 e. The van der Waals surface area contributed by atoms with E-state index in [-0.39, 0.29) is 11.7 Å². The summed E-state index contributed by atoms with van der Waals surface area (Å²) in [6.07, 6.45) is 2.45. The Morgan fingerprint density at radius 1 is 1.28 bits per heavy atom. The smallest absolute Gasteiger partial charge is 0.249 e. The maximum absolute atomic E-state index is 7.44. The van der Waals surface area contributed by atoms with Crippen molar-refractivity contribution in [2.45, 2.75) is 13.3 Å². The molecular weight excluding hydrogens is 228 g/mol. The van der Waals surface area contributed by atoms with E-state index in [2.05, 4.69) is 17.1 Å². The second kappa shape index (κ2) is 5.27. The van der Waals surface area contributed by atoms with Gasteiger partial charge in [-0.25, -0.2) is 0 Å². The van der Waals surface area contributed by atoms with Crippen molar-refractivity contribution in [2.75, 3.05) is 0 Å². The number of aromatic nitrogens is 2. The van der Waals surface area contributed by atoms with E-state index in [0.29, 0.717) is 11.3 Å². The summed E-state index contributed by atoms with van der Waals surface area (Å²) in [5.74, 6) is 0.800. The molecule has 0 aliphatic heterocycles. The van der Waals surface area contributed by atoms with Gasteiger partial charge in [0.25, 0.3) is 0 Å². The van der Waals surface area contributed by atoms with Gasteiger partial charge in [-0.05, 0) is 30.2 Å². The van der Waals surface area contributed by atoms with E-state index < -0.39 is 0 Å². The molecule has 0 unspecified atom stereocenters. The number of ether oxygens (including phenoxy) is 1. The number of nitrogen functional groups attached to an aromatic ring is 1. The number of amidine groups is 1. The zero-order chi connectivity index (χ0) is 13.0. The van der Waals surface area contributed by atoms with Gasteiger partial charge in [-0.15, -0.1) is 5.10 Å². The lowest BCUT2D eigenvalue weighted by atomic mass is 10.2. The quantitative estimate of drug-likeness (QED) is 0.635. The van der Waals surface area contributed by atoms with Crippen LogP contribution in [0.5, 0.6) is 11.6 Å². The van der Waals surface area contributed by atoms with Crippen molar-refractivity contribution in [2.24, 2.45) is 5.73 Å². The molecule has 18 heavy (non-hydrogen) atoms. The van der Waals surface area contributed by atoms with Crippen LogP contribution >= 0.6 is 0 Å². The minimum Gasteiger partial charge on any atom is -0.437 e. The van der Waals surface area contributed by atoms with Crippen LogP contribution in [0, 0.1) is 5.41 Å². The standard InChI is InChI=1S/C13H14N4O/c1-2-9-3-5-10(6-4-9)18-13-11(12(14)15)7-8-16-17-13/h3-8H,2H2,1H3,(H3,14,15). The molecule has 1 heterocycles. The Balaban J connectivity index is 2.25. The fraction of sp³-hybridized carbons (Fsp3) is 0.154. The number of nitrogens with two attached hydrogens (primary N) is 1. The Labute approximate surface area is 105 Å². The van der Waals surface area contributed by atoms with Gasteiger partial charge in [-0.1, -0.05) is 19.1 Å². The van der Waals surface area contributed by atoms with E-state index in [0.717, 1.165) is 6.42 Å². The highest BCUT2D eigenvalue weighted by atomic mass is 16.5. The molecule has 2 aromatic rings. The van der Waals surface area contributed by atoms with Crippen molar-refractivity contribution in [3.05, 3.63) is 47.7 Å². The summed E-state index contributed by atoms with van der Waals surface area (Å²) in [5, 5.41) is 15.0. The monoisotopic (exact) mass is 242 g/mol. The normalized spacial score (nSPS) is 10.1. The highest BCUT2D eigenvalue weighted by molar-refractivity contribution is 5.96. The van der Waals surface area contributed by atoms with Gasteiger partial charge in [0, 0.05) is 0 Å². The van der Waals surface area contributed by atoms with Crippen LogP contribution in [0.3, 0.4) is 0 Å². The first kappa shape index (κ1) is 12.0. The average molecular weight is 242 g/mol. The second-order valence-corrected chi connectivity index (χ2v) is 3.76. The highest BCUT2D eigenvalue weighted by Gasteiger charge is 2.09. The molecule has 5 nitrogen and oxygen atoms in total. The summed E-state index contributed by atoms with van der Waals surface area (Å²) in [4.78, 5) is 0. The van der Waals surface area contributed by atoms with Crippen molar-refractivity contribution in [1.29, 1.82) is 5.41 Å². The van der Waals surface area contributed by atoms with Gasteiger partial charge in [-0.3, -0.25) is 5.41 Å². The minimum absolute atomic E-state index is 0.0925. The first-order valence-electron chi connectivity index (χ1n) is 5.63. The van der Waals surface area contributed by atoms with Gasteiger partial charge < -0.3 is 10.5 Å². The van der Waals surface area contributed by atoms with Crippen molar-refractivity contribution in [3.63, 3.8) is 0 Å². The lowest BCUT2D eigenvalue weighted by Gasteiger charge is -2.08. The maximum Gasteiger partial charge on any atom is 0.249 e. The van der Waals surface area contributed by atoms with Gasteiger partial charge >= 0.3 is 0 Å². The number of aryl methyl sites for hydroxylation is 1. The van der Waals surface area contributed by atoms with E-state index in [4.69, 9.17) is 15.9 Å². The summed E-state index contributed by atoms with van der Waals surface area (Å²) < 4.78 is 5.58. The molecule has 0 radical (unpaired) electrons. The molecule has 2 rings (SSSR count). The van der Waals surface area contributed by atoms with Crippen LogP contribution in [-0.4, -0.2) is 16.0 Å². The van der Waals surface area contributed by atoms with Crippen molar-refractivity contribution in [3.8, 4) is 11.6 Å². The zero-order valence-electron chi connectivity index (χ0n) is 10.1. The number of nitrogens with zero attached hydrogens (tertiary/aromatic N) is 2. The Hall–Kier alpha value is -2.43. The topological polar surface area (TPSA) is 84.9 Å². The molecule has 0 atom stereocenters. The molecule has 5 heteroatoms. The number of rotatable bonds is 4. The second-order valence-electron chi connectivity index (χ2n) is 3.76. The first-order valence-corrected chi connectivity index (χ1v) is 5.63. The van der Waals surface area contributed by atoms with E-state index in [1.54, 1.807) is 6.07 Å². The van der Waals surface area contributed by atoms with Crippen molar-refractivity contribution >= 4 is 5.84 Å². The molecule has 1 aromatic heterocycles. The van der Waals surface area contributed by atoms with Gasteiger partial charge in [0.1, 0.15) is 11.6 Å². The number of nitrogens with one attached hydrogen (secondary N) is 1. The molecule has 0 amide bonds. The Morgan fingerprint density at radius 3 is 2.61 bits per heavy atom. The molecule has 0 saturated heterocycles. The molecule has 3 N–H and O–H groups in total. The van der Waals surface area contributed by atoms with Crippen LogP contribution in [0.25, 0.3) is 0 Å².